The number of likely N-dealkylation sites (N-methyl/N-ethyl adjacent to an activating group) is 2. The van der Waals surface area contributed by atoms with Crippen LogP contribution in [0, 0.1) is 6.92 Å². The molecule has 1 heterocycles. The first-order valence-electron chi connectivity index (χ1n) is 7.83. The molecule has 1 aliphatic rings. The summed E-state index contributed by atoms with van der Waals surface area (Å²) in [5.41, 5.74) is 0.452. The molecule has 6 heteroatoms. The minimum atomic E-state index is -2.69. The third-order valence-corrected chi connectivity index (χ3v) is 4.62. The molecule has 0 atom stereocenters. The number of halogens is 2. The van der Waals surface area contributed by atoms with E-state index in [1.807, 2.05) is 0 Å². The lowest BCUT2D eigenvalue weighted by Crippen LogP contribution is -2.39. The predicted octanol–water partition coefficient (Wildman–Crippen LogP) is 3.14. The van der Waals surface area contributed by atoms with Gasteiger partial charge in [0.05, 0.1) is 0 Å². The van der Waals surface area contributed by atoms with Crippen molar-refractivity contribution >= 4 is 5.91 Å². The summed E-state index contributed by atoms with van der Waals surface area (Å²) in [5.74, 6) is -0.353. The number of carbonyl (C=O) groups excluding carboxylic acids is 1. The molecule has 1 aliphatic carbocycles. The van der Waals surface area contributed by atoms with Crippen LogP contribution < -0.4 is 0 Å². The summed E-state index contributed by atoms with van der Waals surface area (Å²) in [4.78, 5) is 16.2. The van der Waals surface area contributed by atoms with Gasteiger partial charge in [0.25, 0.3) is 5.91 Å². The normalized spacial score (nSPS) is 16.0. The number of carbonyl (C=O) groups is 1. The average Bonchev–Trinajstić information content (AvgIpc) is 3.12. The Morgan fingerprint density at radius 2 is 1.91 bits per heavy atom. The second-order valence-corrected chi connectivity index (χ2v) is 6.15. The van der Waals surface area contributed by atoms with Crippen LogP contribution in [0.5, 0.6) is 0 Å². The molecule has 124 valence electrons. The summed E-state index contributed by atoms with van der Waals surface area (Å²) < 4.78 is 26.9. The van der Waals surface area contributed by atoms with Gasteiger partial charge in [0.1, 0.15) is 5.69 Å². The molecule has 0 radical (unpaired) electrons. The van der Waals surface area contributed by atoms with Crippen molar-refractivity contribution in [3.05, 3.63) is 23.5 Å². The van der Waals surface area contributed by atoms with Crippen molar-refractivity contribution < 1.29 is 13.6 Å². The van der Waals surface area contributed by atoms with Gasteiger partial charge in [-0.3, -0.25) is 9.36 Å². The maximum Gasteiger partial charge on any atom is 0.319 e. The predicted molar refractivity (Wildman–Crippen MR) is 82.3 cm³/mol. The Kier molecular flexibility index (Phi) is 5.56. The number of aryl methyl sites for hydroxylation is 1. The number of hydrogen-bond donors (Lipinski definition) is 0. The van der Waals surface area contributed by atoms with Crippen molar-refractivity contribution in [3.63, 3.8) is 0 Å². The quantitative estimate of drug-likeness (QED) is 0.807. The molecule has 1 aromatic rings. The second kappa shape index (κ2) is 7.22. The topological polar surface area (TPSA) is 28.5 Å². The molecule has 0 spiro atoms. The average molecular weight is 313 g/mol. The molecule has 1 amide bonds. The number of rotatable bonds is 6. The van der Waals surface area contributed by atoms with Crippen molar-refractivity contribution in [2.45, 2.75) is 45.2 Å². The molecule has 4 nitrogen and oxygen atoms in total. The molecule has 1 fully saturated rings. The van der Waals surface area contributed by atoms with Gasteiger partial charge in [-0.1, -0.05) is 12.8 Å². The van der Waals surface area contributed by atoms with E-state index in [1.54, 1.807) is 20.0 Å². The summed E-state index contributed by atoms with van der Waals surface area (Å²) in [6.07, 6.45) is 4.96. The SMILES string of the molecule is Cc1ccc(C(=O)N(C)CCN(C)C2CCCC2)n1C(F)F. The third-order valence-electron chi connectivity index (χ3n) is 4.62. The van der Waals surface area contributed by atoms with Crippen molar-refractivity contribution in [1.82, 2.24) is 14.4 Å². The van der Waals surface area contributed by atoms with E-state index in [0.29, 0.717) is 18.3 Å². The number of aromatic nitrogens is 1. The lowest BCUT2D eigenvalue weighted by atomic mass is 10.2. The van der Waals surface area contributed by atoms with Gasteiger partial charge in [0, 0.05) is 31.9 Å². The molecular formula is C16H25F2N3O. The van der Waals surface area contributed by atoms with E-state index in [2.05, 4.69) is 11.9 Å². The lowest BCUT2D eigenvalue weighted by Gasteiger charge is -2.27. The van der Waals surface area contributed by atoms with Crippen LogP contribution >= 0.6 is 0 Å². The van der Waals surface area contributed by atoms with Gasteiger partial charge in [0.2, 0.25) is 0 Å². The van der Waals surface area contributed by atoms with Gasteiger partial charge in [-0.15, -0.1) is 0 Å². The minimum Gasteiger partial charge on any atom is -0.339 e. The van der Waals surface area contributed by atoms with Crippen LogP contribution in [0.1, 0.15) is 48.4 Å². The van der Waals surface area contributed by atoms with Crippen molar-refractivity contribution in [3.8, 4) is 0 Å². The summed E-state index contributed by atoms with van der Waals surface area (Å²) in [7, 11) is 3.74. The van der Waals surface area contributed by atoms with E-state index in [4.69, 9.17) is 0 Å². The zero-order valence-electron chi connectivity index (χ0n) is 13.6. The van der Waals surface area contributed by atoms with E-state index in [0.717, 1.165) is 11.1 Å². The van der Waals surface area contributed by atoms with Crippen LogP contribution in [0.2, 0.25) is 0 Å². The fourth-order valence-corrected chi connectivity index (χ4v) is 3.12. The molecule has 0 saturated heterocycles. The fourth-order valence-electron chi connectivity index (χ4n) is 3.12. The minimum absolute atomic E-state index is 0.0542. The summed E-state index contributed by atoms with van der Waals surface area (Å²) in [6.45, 7) is 0.195. The highest BCUT2D eigenvalue weighted by Gasteiger charge is 2.23. The molecule has 2 rings (SSSR count). The van der Waals surface area contributed by atoms with Gasteiger partial charge < -0.3 is 9.80 Å². The van der Waals surface area contributed by atoms with Crippen LogP contribution in [0.25, 0.3) is 0 Å². The highest BCUT2D eigenvalue weighted by atomic mass is 19.3. The van der Waals surface area contributed by atoms with Gasteiger partial charge in [-0.05, 0) is 38.9 Å². The number of amides is 1. The summed E-state index contributed by atoms with van der Waals surface area (Å²) >= 11 is 0. The van der Waals surface area contributed by atoms with Crippen molar-refractivity contribution in [2.75, 3.05) is 27.2 Å². The molecular weight excluding hydrogens is 288 g/mol. The Morgan fingerprint density at radius 1 is 1.27 bits per heavy atom. The largest absolute Gasteiger partial charge is 0.339 e. The number of hydrogen-bond acceptors (Lipinski definition) is 2. The monoisotopic (exact) mass is 313 g/mol. The van der Waals surface area contributed by atoms with Gasteiger partial charge in [-0.2, -0.15) is 8.78 Å². The fraction of sp³-hybridized carbons (Fsp3) is 0.688. The van der Waals surface area contributed by atoms with E-state index in [9.17, 15) is 13.6 Å². The van der Waals surface area contributed by atoms with Gasteiger partial charge in [-0.25, -0.2) is 0 Å². The van der Waals surface area contributed by atoms with E-state index >= 15 is 0 Å². The van der Waals surface area contributed by atoms with Crippen LogP contribution in [-0.4, -0.2) is 53.5 Å². The van der Waals surface area contributed by atoms with Crippen LogP contribution in [0.15, 0.2) is 12.1 Å². The van der Waals surface area contributed by atoms with Gasteiger partial charge in [0.15, 0.2) is 0 Å². The second-order valence-electron chi connectivity index (χ2n) is 6.15. The Morgan fingerprint density at radius 3 is 2.50 bits per heavy atom. The maximum absolute atomic E-state index is 13.0. The van der Waals surface area contributed by atoms with E-state index in [-0.39, 0.29) is 11.6 Å². The van der Waals surface area contributed by atoms with Crippen LogP contribution in [0.3, 0.4) is 0 Å². The van der Waals surface area contributed by atoms with Crippen molar-refractivity contribution in [1.29, 1.82) is 0 Å². The number of alkyl halides is 2. The van der Waals surface area contributed by atoms with Crippen LogP contribution in [0.4, 0.5) is 8.78 Å². The number of nitrogens with zero attached hydrogens (tertiary/aromatic N) is 3. The van der Waals surface area contributed by atoms with Crippen molar-refractivity contribution in [2.24, 2.45) is 0 Å². The molecule has 0 N–H and O–H groups in total. The molecule has 0 aliphatic heterocycles. The highest BCUT2D eigenvalue weighted by molar-refractivity contribution is 5.92. The highest BCUT2D eigenvalue weighted by Crippen LogP contribution is 2.22. The van der Waals surface area contributed by atoms with E-state index in [1.165, 1.54) is 36.6 Å². The molecule has 1 saturated carbocycles. The molecule has 22 heavy (non-hydrogen) atoms. The Labute approximate surface area is 130 Å². The molecule has 0 bridgehead atoms. The first kappa shape index (κ1) is 16.9. The maximum atomic E-state index is 13.0. The summed E-state index contributed by atoms with van der Waals surface area (Å²) in [6, 6.07) is 3.62. The first-order valence-corrected chi connectivity index (χ1v) is 7.83. The zero-order valence-corrected chi connectivity index (χ0v) is 13.6. The smallest absolute Gasteiger partial charge is 0.319 e. The summed E-state index contributed by atoms with van der Waals surface area (Å²) in [5, 5.41) is 0. The Balaban J connectivity index is 1.94. The zero-order chi connectivity index (χ0) is 16.3. The standard InChI is InChI=1S/C16H25F2N3O/c1-12-8-9-14(21(12)16(17)18)15(22)20(3)11-10-19(2)13-6-4-5-7-13/h8-9,13,16H,4-7,10-11H2,1-3H3. The van der Waals surface area contributed by atoms with Crippen LogP contribution in [-0.2, 0) is 0 Å². The third kappa shape index (κ3) is 3.66. The Hall–Kier alpha value is -1.43. The van der Waals surface area contributed by atoms with E-state index < -0.39 is 6.55 Å². The molecule has 0 unspecified atom stereocenters. The Bertz CT molecular complexity index is 509. The molecule has 1 aromatic heterocycles. The van der Waals surface area contributed by atoms with Gasteiger partial charge >= 0.3 is 6.55 Å². The first-order chi connectivity index (χ1) is 10.4. The molecule has 0 aromatic carbocycles. The lowest BCUT2D eigenvalue weighted by molar-refractivity contribution is 0.0561.